The molecule has 3 saturated heterocycles. The van der Waals surface area contributed by atoms with E-state index in [0.717, 1.165) is 43.5 Å². The molecular formula is C45H57N11O9S2. The first-order valence-corrected chi connectivity index (χ1v) is 26.4. The second-order valence-corrected chi connectivity index (χ2v) is 21.8. The van der Waals surface area contributed by atoms with Crippen LogP contribution < -0.4 is 30.5 Å². The van der Waals surface area contributed by atoms with Gasteiger partial charge in [0.1, 0.15) is 18.2 Å². The van der Waals surface area contributed by atoms with Crippen molar-refractivity contribution in [3.05, 3.63) is 72.1 Å². The molecule has 358 valence electrons. The van der Waals surface area contributed by atoms with Crippen LogP contribution >= 0.6 is 0 Å². The fourth-order valence-electron chi connectivity index (χ4n) is 8.19. The summed E-state index contributed by atoms with van der Waals surface area (Å²) in [5.41, 5.74) is 3.20. The molecule has 5 aliphatic rings. The topological polar surface area (TPSA) is 222 Å². The Kier molecular flexibility index (Phi) is 13.6. The average Bonchev–Trinajstić information content (AvgIpc) is 4.27. The van der Waals surface area contributed by atoms with Gasteiger partial charge in [-0.3, -0.25) is 9.08 Å². The first-order chi connectivity index (χ1) is 32.1. The lowest BCUT2D eigenvalue weighted by atomic mass is 10.1. The molecule has 2 saturated carbocycles. The number of hydrogen-bond acceptors (Lipinski definition) is 16. The number of hydrazine groups is 1. The van der Waals surface area contributed by atoms with Crippen molar-refractivity contribution in [2.75, 3.05) is 90.2 Å². The van der Waals surface area contributed by atoms with Gasteiger partial charge >= 0.3 is 12.1 Å². The highest BCUT2D eigenvalue weighted by atomic mass is 32.2. The Hall–Kier alpha value is -5.52. The van der Waals surface area contributed by atoms with Crippen LogP contribution in [0.15, 0.2) is 60.7 Å². The van der Waals surface area contributed by atoms with Gasteiger partial charge in [0, 0.05) is 68.1 Å². The molecule has 2 atom stereocenters. The van der Waals surface area contributed by atoms with E-state index in [9.17, 15) is 26.4 Å². The molecule has 0 unspecified atom stereocenters. The minimum atomic E-state index is -3.76. The Balaban J connectivity index is 1.05. The molecular weight excluding hydrogens is 903 g/mol. The molecule has 4 aromatic rings. The molecule has 5 fully saturated rings. The Labute approximate surface area is 391 Å². The summed E-state index contributed by atoms with van der Waals surface area (Å²) in [5.74, 6) is 2.34. The maximum Gasteiger partial charge on any atom is 0.341 e. The summed E-state index contributed by atoms with van der Waals surface area (Å²) in [6.45, 7) is 8.47. The highest BCUT2D eigenvalue weighted by Gasteiger charge is 2.36. The fourth-order valence-corrected chi connectivity index (χ4v) is 9.80. The molecule has 5 heterocycles. The first-order valence-electron chi connectivity index (χ1n) is 22.8. The van der Waals surface area contributed by atoms with Crippen LogP contribution in [-0.2, 0) is 46.8 Å². The van der Waals surface area contributed by atoms with E-state index in [-0.39, 0.29) is 42.3 Å². The summed E-state index contributed by atoms with van der Waals surface area (Å²) < 4.78 is 64.8. The van der Waals surface area contributed by atoms with Crippen molar-refractivity contribution in [3.63, 3.8) is 0 Å². The highest BCUT2D eigenvalue weighted by molar-refractivity contribution is 7.91. The molecule has 2 aromatic carbocycles. The lowest BCUT2D eigenvalue weighted by Crippen LogP contribution is -2.57. The number of amides is 4. The van der Waals surface area contributed by atoms with Crippen molar-refractivity contribution in [1.29, 1.82) is 0 Å². The molecule has 4 amide bonds. The molecule has 2 aromatic heterocycles. The Morgan fingerprint density at radius 3 is 1.58 bits per heavy atom. The minimum Gasteiger partial charge on any atom is -0.377 e. The van der Waals surface area contributed by atoms with Crippen LogP contribution in [0.2, 0.25) is 0 Å². The van der Waals surface area contributed by atoms with E-state index in [4.69, 9.17) is 28.6 Å². The molecule has 22 heteroatoms. The number of ether oxygens (including phenoxy) is 2. The molecule has 2 aliphatic carbocycles. The summed E-state index contributed by atoms with van der Waals surface area (Å²) in [5, 5.41) is 8.82. The van der Waals surface area contributed by atoms with Crippen molar-refractivity contribution in [1.82, 2.24) is 35.5 Å². The number of carbonyl (C=O) groups is 2. The molecule has 9 rings (SSSR count). The van der Waals surface area contributed by atoms with Gasteiger partial charge in [-0.2, -0.15) is 18.4 Å². The number of aromatic nitrogens is 4. The Morgan fingerprint density at radius 2 is 1.15 bits per heavy atom. The van der Waals surface area contributed by atoms with Gasteiger partial charge < -0.3 is 29.9 Å². The summed E-state index contributed by atoms with van der Waals surface area (Å²) in [4.78, 5) is 54.7. The van der Waals surface area contributed by atoms with Crippen LogP contribution in [0.5, 0.6) is 0 Å². The van der Waals surface area contributed by atoms with Crippen LogP contribution in [0.3, 0.4) is 0 Å². The summed E-state index contributed by atoms with van der Waals surface area (Å²) in [6.07, 6.45) is 4.28. The molecule has 67 heavy (non-hydrogen) atoms. The summed E-state index contributed by atoms with van der Waals surface area (Å²) in [6, 6.07) is 16.9. The standard InChI is InChI=1S/C45H57N11O9S2/c1-30-27-63-20-16-53(30)40-24-36(26-52-18-22-67(61,62)23-19-52)46-42(50-40)32-4-12-38(13-5-32)55(44(57)48-34-8-9-34)56(45(58)49-35-10-11-35)39-14-6-33(7-15-39)43-47-37(29-65-66(3,59)60)25-41(51-43)54-17-21-64-28-31(54)2/h4-7,12-15,24-25,30-31,34-35H,8-11,16-23,26-29H2,1-3H3,(H,48,57)(H,49,58)/t30-,31-/m0/s1. The predicted octanol–water partition coefficient (Wildman–Crippen LogP) is 3.73. The van der Waals surface area contributed by atoms with Gasteiger partial charge in [0.2, 0.25) is 0 Å². The molecule has 3 aliphatic heterocycles. The van der Waals surface area contributed by atoms with E-state index in [1.807, 2.05) is 25.1 Å². The van der Waals surface area contributed by atoms with E-state index in [1.54, 1.807) is 42.5 Å². The van der Waals surface area contributed by atoms with Gasteiger partial charge in [0.05, 0.1) is 79.0 Å². The largest absolute Gasteiger partial charge is 0.377 e. The number of morpholine rings is 2. The third kappa shape index (κ3) is 11.8. The summed E-state index contributed by atoms with van der Waals surface area (Å²) >= 11 is 0. The monoisotopic (exact) mass is 959 g/mol. The number of nitrogens with one attached hydrogen (secondary N) is 2. The SMILES string of the molecule is C[C@H]1COCCN1c1cc(COS(C)(=O)=O)nc(-c2ccc(N(C(=O)NC3CC3)N(C(=O)NC3CC3)c3ccc(-c4nc(CN5CCS(=O)(=O)CC5)cc(N5CCOC[C@@H]5C)n4)cc3)cc2)n1. The van der Waals surface area contributed by atoms with E-state index in [0.29, 0.717) is 105 Å². The number of sulfone groups is 1. The van der Waals surface area contributed by atoms with Gasteiger partial charge in [-0.05, 0) is 88.1 Å². The third-order valence-corrected chi connectivity index (χ3v) is 14.4. The van der Waals surface area contributed by atoms with Crippen LogP contribution in [0.1, 0.15) is 50.9 Å². The van der Waals surface area contributed by atoms with E-state index < -0.39 is 32.0 Å². The Morgan fingerprint density at radius 1 is 0.701 bits per heavy atom. The van der Waals surface area contributed by atoms with Crippen molar-refractivity contribution in [3.8, 4) is 22.8 Å². The first kappa shape index (κ1) is 46.6. The van der Waals surface area contributed by atoms with Crippen LogP contribution in [0.4, 0.5) is 32.6 Å². The minimum absolute atomic E-state index is 0.00591. The van der Waals surface area contributed by atoms with Gasteiger partial charge in [-0.15, -0.1) is 0 Å². The van der Waals surface area contributed by atoms with Crippen molar-refractivity contribution < 1.29 is 40.1 Å². The fraction of sp³-hybridized carbons (Fsp3) is 0.511. The lowest BCUT2D eigenvalue weighted by molar-refractivity contribution is 0.0985. The normalized spacial score (nSPS) is 21.1. The van der Waals surface area contributed by atoms with Crippen molar-refractivity contribution in [2.24, 2.45) is 0 Å². The zero-order valence-corrected chi connectivity index (χ0v) is 39.5. The van der Waals surface area contributed by atoms with Gasteiger partial charge in [-0.1, -0.05) is 0 Å². The number of urea groups is 2. The van der Waals surface area contributed by atoms with Gasteiger partial charge in [0.25, 0.3) is 10.1 Å². The lowest BCUT2D eigenvalue weighted by Gasteiger charge is -2.35. The maximum atomic E-state index is 14.4. The molecule has 0 bridgehead atoms. The molecule has 0 radical (unpaired) electrons. The maximum absolute atomic E-state index is 14.4. The number of hydrogen-bond donors (Lipinski definition) is 2. The quantitative estimate of drug-likeness (QED) is 0.144. The smallest absolute Gasteiger partial charge is 0.341 e. The van der Waals surface area contributed by atoms with E-state index >= 15 is 0 Å². The number of carbonyl (C=O) groups excluding carboxylic acids is 2. The van der Waals surface area contributed by atoms with Crippen LogP contribution in [0, 0.1) is 0 Å². The average molecular weight is 960 g/mol. The second kappa shape index (κ2) is 19.6. The molecule has 2 N–H and O–H groups in total. The number of rotatable bonds is 13. The highest BCUT2D eigenvalue weighted by Crippen LogP contribution is 2.32. The molecule has 0 spiro atoms. The molecule has 20 nitrogen and oxygen atoms in total. The number of anilines is 4. The zero-order chi connectivity index (χ0) is 46.9. The number of nitrogens with zero attached hydrogens (tertiary/aromatic N) is 9. The predicted molar refractivity (Wildman–Crippen MR) is 252 cm³/mol. The third-order valence-electron chi connectivity index (χ3n) is 12.2. The van der Waals surface area contributed by atoms with Crippen molar-refractivity contribution in [2.45, 2.75) is 76.8 Å². The van der Waals surface area contributed by atoms with Crippen LogP contribution in [-0.4, -0.2) is 148 Å². The summed E-state index contributed by atoms with van der Waals surface area (Å²) in [7, 11) is -6.82. The van der Waals surface area contributed by atoms with Gasteiger partial charge in [-0.25, -0.2) is 37.9 Å². The zero-order valence-electron chi connectivity index (χ0n) is 37.9. The Bertz CT molecular complexity index is 2660. The number of benzene rings is 2. The van der Waals surface area contributed by atoms with E-state index in [2.05, 4.69) is 37.2 Å². The van der Waals surface area contributed by atoms with E-state index in [1.165, 1.54) is 10.0 Å². The van der Waals surface area contributed by atoms with Crippen molar-refractivity contribution >= 4 is 55.0 Å². The van der Waals surface area contributed by atoms with Gasteiger partial charge in [0.15, 0.2) is 21.5 Å². The second-order valence-electron chi connectivity index (χ2n) is 17.9. The van der Waals surface area contributed by atoms with Crippen LogP contribution in [0.25, 0.3) is 22.8 Å².